The molecule has 0 aliphatic carbocycles. The third-order valence-corrected chi connectivity index (χ3v) is 2.53. The maximum absolute atomic E-state index is 5.62. The standard InChI is InChI=1S/C14H23NO/c1-4-9-15-12(3)13-7-6-8-14(11-13)16-10-5-2/h6-8,11-12,15H,4-5,9-10H2,1-3H3/t12-/m0/s1. The lowest BCUT2D eigenvalue weighted by atomic mass is 10.1. The van der Waals surface area contributed by atoms with Crippen molar-refractivity contribution < 1.29 is 4.74 Å². The molecular formula is C14H23NO. The van der Waals surface area contributed by atoms with E-state index in [2.05, 4.69) is 44.3 Å². The summed E-state index contributed by atoms with van der Waals surface area (Å²) in [4.78, 5) is 0. The van der Waals surface area contributed by atoms with Crippen LogP contribution in [0.2, 0.25) is 0 Å². The van der Waals surface area contributed by atoms with Crippen LogP contribution in [-0.2, 0) is 0 Å². The van der Waals surface area contributed by atoms with Gasteiger partial charge in [-0.3, -0.25) is 0 Å². The van der Waals surface area contributed by atoms with Crippen LogP contribution in [0.1, 0.15) is 45.2 Å². The number of nitrogens with one attached hydrogen (secondary N) is 1. The second-order valence-electron chi connectivity index (χ2n) is 4.10. The van der Waals surface area contributed by atoms with Gasteiger partial charge >= 0.3 is 0 Å². The zero-order valence-electron chi connectivity index (χ0n) is 10.6. The van der Waals surface area contributed by atoms with Crippen LogP contribution in [0.5, 0.6) is 5.75 Å². The number of ether oxygens (including phenoxy) is 1. The Morgan fingerprint density at radius 3 is 2.75 bits per heavy atom. The number of hydrogen-bond donors (Lipinski definition) is 1. The monoisotopic (exact) mass is 221 g/mol. The first-order valence-electron chi connectivity index (χ1n) is 6.24. The topological polar surface area (TPSA) is 21.3 Å². The maximum Gasteiger partial charge on any atom is 0.119 e. The minimum absolute atomic E-state index is 0.394. The first-order chi connectivity index (χ1) is 7.77. The van der Waals surface area contributed by atoms with Crippen LogP contribution in [0.3, 0.4) is 0 Å². The summed E-state index contributed by atoms with van der Waals surface area (Å²) < 4.78 is 5.62. The number of hydrogen-bond acceptors (Lipinski definition) is 2. The van der Waals surface area contributed by atoms with E-state index in [1.807, 2.05) is 6.07 Å². The van der Waals surface area contributed by atoms with Crippen LogP contribution in [0.15, 0.2) is 24.3 Å². The summed E-state index contributed by atoms with van der Waals surface area (Å²) >= 11 is 0. The van der Waals surface area contributed by atoms with Gasteiger partial charge in [-0.25, -0.2) is 0 Å². The van der Waals surface area contributed by atoms with Crippen molar-refractivity contribution in [3.05, 3.63) is 29.8 Å². The largest absolute Gasteiger partial charge is 0.494 e. The van der Waals surface area contributed by atoms with Crippen molar-refractivity contribution in [2.24, 2.45) is 0 Å². The van der Waals surface area contributed by atoms with E-state index in [1.54, 1.807) is 0 Å². The maximum atomic E-state index is 5.62. The van der Waals surface area contributed by atoms with E-state index in [4.69, 9.17) is 4.74 Å². The fraction of sp³-hybridized carbons (Fsp3) is 0.571. The smallest absolute Gasteiger partial charge is 0.119 e. The highest BCUT2D eigenvalue weighted by Gasteiger charge is 2.04. The van der Waals surface area contributed by atoms with Gasteiger partial charge in [0.25, 0.3) is 0 Å². The van der Waals surface area contributed by atoms with E-state index < -0.39 is 0 Å². The molecule has 0 aliphatic heterocycles. The summed E-state index contributed by atoms with van der Waals surface area (Å²) in [6.45, 7) is 8.34. The van der Waals surface area contributed by atoms with Gasteiger partial charge in [0.2, 0.25) is 0 Å². The molecule has 1 aromatic carbocycles. The van der Waals surface area contributed by atoms with Gasteiger partial charge in [0.1, 0.15) is 5.75 Å². The van der Waals surface area contributed by atoms with Crippen molar-refractivity contribution >= 4 is 0 Å². The Labute approximate surface area is 99.0 Å². The van der Waals surface area contributed by atoms with E-state index in [0.717, 1.165) is 31.7 Å². The summed E-state index contributed by atoms with van der Waals surface area (Å²) in [6.07, 6.45) is 2.21. The molecule has 0 fully saturated rings. The van der Waals surface area contributed by atoms with Crippen LogP contribution in [0.25, 0.3) is 0 Å². The molecule has 1 atom stereocenters. The molecule has 2 heteroatoms. The van der Waals surface area contributed by atoms with Crippen LogP contribution < -0.4 is 10.1 Å². The molecule has 16 heavy (non-hydrogen) atoms. The van der Waals surface area contributed by atoms with Gasteiger partial charge in [0.05, 0.1) is 6.61 Å². The van der Waals surface area contributed by atoms with E-state index in [9.17, 15) is 0 Å². The van der Waals surface area contributed by atoms with Gasteiger partial charge in [-0.1, -0.05) is 26.0 Å². The van der Waals surface area contributed by atoms with Crippen molar-refractivity contribution in [3.63, 3.8) is 0 Å². The normalized spacial score (nSPS) is 12.4. The molecule has 0 bridgehead atoms. The fourth-order valence-corrected chi connectivity index (χ4v) is 1.57. The minimum Gasteiger partial charge on any atom is -0.494 e. The molecular weight excluding hydrogens is 198 g/mol. The Balaban J connectivity index is 2.58. The minimum atomic E-state index is 0.394. The van der Waals surface area contributed by atoms with Crippen molar-refractivity contribution in [3.8, 4) is 5.75 Å². The molecule has 1 N–H and O–H groups in total. The van der Waals surface area contributed by atoms with Crippen LogP contribution in [0.4, 0.5) is 0 Å². The zero-order chi connectivity index (χ0) is 11.8. The average molecular weight is 221 g/mol. The number of rotatable bonds is 7. The van der Waals surface area contributed by atoms with Gasteiger partial charge in [-0.05, 0) is 44.0 Å². The summed E-state index contributed by atoms with van der Waals surface area (Å²) in [6, 6.07) is 8.75. The van der Waals surface area contributed by atoms with Crippen LogP contribution >= 0.6 is 0 Å². The Kier molecular flexibility index (Phi) is 5.94. The third kappa shape index (κ3) is 4.23. The highest BCUT2D eigenvalue weighted by molar-refractivity contribution is 5.30. The van der Waals surface area contributed by atoms with Crippen molar-refractivity contribution in [2.45, 2.75) is 39.7 Å². The molecule has 0 heterocycles. The van der Waals surface area contributed by atoms with Gasteiger partial charge in [0.15, 0.2) is 0 Å². The van der Waals surface area contributed by atoms with Gasteiger partial charge in [-0.2, -0.15) is 0 Å². The van der Waals surface area contributed by atoms with Gasteiger partial charge < -0.3 is 10.1 Å². The third-order valence-electron chi connectivity index (χ3n) is 2.53. The lowest BCUT2D eigenvalue weighted by Crippen LogP contribution is -2.19. The summed E-state index contributed by atoms with van der Waals surface area (Å²) in [7, 11) is 0. The van der Waals surface area contributed by atoms with Gasteiger partial charge in [0, 0.05) is 6.04 Å². The second-order valence-corrected chi connectivity index (χ2v) is 4.10. The average Bonchev–Trinajstić information content (AvgIpc) is 2.33. The van der Waals surface area contributed by atoms with E-state index in [-0.39, 0.29) is 0 Å². The molecule has 0 amide bonds. The summed E-state index contributed by atoms with van der Waals surface area (Å²) in [5, 5.41) is 3.48. The Morgan fingerprint density at radius 1 is 1.25 bits per heavy atom. The van der Waals surface area contributed by atoms with Crippen molar-refractivity contribution in [1.29, 1.82) is 0 Å². The highest BCUT2D eigenvalue weighted by atomic mass is 16.5. The van der Waals surface area contributed by atoms with Crippen molar-refractivity contribution in [2.75, 3.05) is 13.2 Å². The molecule has 2 nitrogen and oxygen atoms in total. The lowest BCUT2D eigenvalue weighted by molar-refractivity contribution is 0.317. The SMILES string of the molecule is CCCN[C@@H](C)c1cccc(OCCC)c1. The van der Waals surface area contributed by atoms with Crippen molar-refractivity contribution in [1.82, 2.24) is 5.32 Å². The predicted molar refractivity (Wildman–Crippen MR) is 68.9 cm³/mol. The summed E-state index contributed by atoms with van der Waals surface area (Å²) in [5.74, 6) is 0.976. The first kappa shape index (κ1) is 13.0. The molecule has 0 aromatic heterocycles. The summed E-state index contributed by atoms with van der Waals surface area (Å²) in [5.41, 5.74) is 1.29. The quantitative estimate of drug-likeness (QED) is 0.760. The Bertz CT molecular complexity index is 299. The molecule has 1 aromatic rings. The Hall–Kier alpha value is -1.02. The first-order valence-corrected chi connectivity index (χ1v) is 6.24. The zero-order valence-corrected chi connectivity index (χ0v) is 10.6. The lowest BCUT2D eigenvalue weighted by Gasteiger charge is -2.14. The molecule has 0 aliphatic rings. The molecule has 0 saturated heterocycles. The van der Waals surface area contributed by atoms with Crippen LogP contribution in [0, 0.1) is 0 Å². The predicted octanol–water partition coefficient (Wildman–Crippen LogP) is 3.54. The number of benzene rings is 1. The van der Waals surface area contributed by atoms with E-state index >= 15 is 0 Å². The van der Waals surface area contributed by atoms with Gasteiger partial charge in [-0.15, -0.1) is 0 Å². The molecule has 0 unspecified atom stereocenters. The second kappa shape index (κ2) is 7.29. The molecule has 0 spiro atoms. The molecule has 1 rings (SSSR count). The molecule has 90 valence electrons. The van der Waals surface area contributed by atoms with E-state index in [0.29, 0.717) is 6.04 Å². The highest BCUT2D eigenvalue weighted by Crippen LogP contribution is 2.19. The van der Waals surface area contributed by atoms with E-state index in [1.165, 1.54) is 5.56 Å². The fourth-order valence-electron chi connectivity index (χ4n) is 1.57. The van der Waals surface area contributed by atoms with Crippen LogP contribution in [-0.4, -0.2) is 13.2 Å². The molecule has 0 saturated carbocycles. The molecule has 0 radical (unpaired) electrons. The Morgan fingerprint density at radius 2 is 2.06 bits per heavy atom.